The number of carbonyl (C=O) groups is 3. The van der Waals surface area contributed by atoms with Crippen molar-refractivity contribution in [2.75, 3.05) is 39.5 Å². The normalized spacial score (nSPS) is 13.5. The largest absolute Gasteiger partial charge is 0.384 e. The zero-order chi connectivity index (χ0) is 25.7. The first-order valence-corrected chi connectivity index (χ1v) is 12.6. The minimum Gasteiger partial charge on any atom is -0.384 e. The van der Waals surface area contributed by atoms with Crippen LogP contribution in [0.3, 0.4) is 0 Å². The van der Waals surface area contributed by atoms with E-state index < -0.39 is 5.91 Å². The first kappa shape index (κ1) is 25.3. The van der Waals surface area contributed by atoms with E-state index in [0.29, 0.717) is 40.8 Å². The number of carbonyl (C=O) groups excluding carboxylic acids is 3. The van der Waals surface area contributed by atoms with Gasteiger partial charge in [-0.1, -0.05) is 0 Å². The minimum atomic E-state index is -0.556. The Morgan fingerprint density at radius 1 is 1.28 bits per heavy atom. The van der Waals surface area contributed by atoms with Gasteiger partial charge in [-0.05, 0) is 45.0 Å². The Morgan fingerprint density at radius 2 is 2.08 bits per heavy atom. The summed E-state index contributed by atoms with van der Waals surface area (Å²) in [5.41, 5.74) is 2.88. The lowest BCUT2D eigenvalue weighted by molar-refractivity contribution is -0.122. The summed E-state index contributed by atoms with van der Waals surface area (Å²) < 4.78 is 1.70. The lowest BCUT2D eigenvalue weighted by atomic mass is 10.2. The van der Waals surface area contributed by atoms with Crippen LogP contribution in [0.15, 0.2) is 29.4 Å². The smallest absolute Gasteiger partial charge is 0.273 e. The molecule has 0 spiro atoms. The molecule has 0 bridgehead atoms. The first-order chi connectivity index (χ1) is 17.4. The third-order valence-corrected chi connectivity index (χ3v) is 6.72. The Labute approximate surface area is 213 Å². The topological polar surface area (TPSA) is 133 Å². The SMILES string of the molecule is CNCCCN(C)C(=O)c1cc(-c2cc(NC3CC3)n3ncc(/C=C(\NC)C(=O)NC=O)c3n2)cs1. The number of aromatic nitrogens is 3. The molecule has 0 aromatic carbocycles. The average molecular weight is 511 g/mol. The number of anilines is 1. The molecule has 12 heteroatoms. The van der Waals surface area contributed by atoms with E-state index in [2.05, 4.69) is 26.4 Å². The third-order valence-electron chi connectivity index (χ3n) is 5.81. The van der Waals surface area contributed by atoms with Gasteiger partial charge < -0.3 is 20.9 Å². The number of amides is 3. The summed E-state index contributed by atoms with van der Waals surface area (Å²) in [5.74, 6) is 0.204. The van der Waals surface area contributed by atoms with Crippen LogP contribution >= 0.6 is 11.3 Å². The van der Waals surface area contributed by atoms with Crippen LogP contribution in [-0.4, -0.2) is 78.0 Å². The lowest BCUT2D eigenvalue weighted by Crippen LogP contribution is -2.28. The minimum absolute atomic E-state index is 0.0208. The monoisotopic (exact) mass is 510 g/mol. The standard InChI is InChI=1S/C24H30N8O3S/c1-25-7-4-8-31(3)24(35)20-10-16(13-36-20)18-11-21(29-17-5-6-17)32-22(30-18)15(12-28-32)9-19(26-2)23(34)27-14-33/h9-14,17,25-26,29H,4-8H2,1-3H3,(H,27,33,34)/b19-9-. The summed E-state index contributed by atoms with van der Waals surface area (Å²) in [4.78, 5) is 43.0. The molecule has 11 nitrogen and oxygen atoms in total. The van der Waals surface area contributed by atoms with E-state index in [0.717, 1.165) is 37.2 Å². The van der Waals surface area contributed by atoms with Crippen LogP contribution in [0.4, 0.5) is 5.82 Å². The Kier molecular flexibility index (Phi) is 7.96. The van der Waals surface area contributed by atoms with Gasteiger partial charge in [0.2, 0.25) is 6.41 Å². The molecule has 36 heavy (non-hydrogen) atoms. The van der Waals surface area contributed by atoms with Gasteiger partial charge in [-0.25, -0.2) is 4.98 Å². The lowest BCUT2D eigenvalue weighted by Gasteiger charge is -2.15. The fourth-order valence-electron chi connectivity index (χ4n) is 3.67. The van der Waals surface area contributed by atoms with Gasteiger partial charge in [0.25, 0.3) is 11.8 Å². The molecule has 3 aromatic rings. The summed E-state index contributed by atoms with van der Waals surface area (Å²) in [7, 11) is 5.30. The molecular weight excluding hydrogens is 480 g/mol. The fourth-order valence-corrected chi connectivity index (χ4v) is 4.57. The van der Waals surface area contributed by atoms with Gasteiger partial charge in [-0.15, -0.1) is 11.3 Å². The van der Waals surface area contributed by atoms with Gasteiger partial charge in [0.05, 0.1) is 16.8 Å². The molecule has 0 unspecified atom stereocenters. The summed E-state index contributed by atoms with van der Waals surface area (Å²) in [5, 5.41) is 17.9. The van der Waals surface area contributed by atoms with E-state index in [9.17, 15) is 14.4 Å². The van der Waals surface area contributed by atoms with Gasteiger partial charge in [-0.3, -0.25) is 19.7 Å². The van der Waals surface area contributed by atoms with E-state index in [-0.39, 0.29) is 11.6 Å². The highest BCUT2D eigenvalue weighted by Crippen LogP contribution is 2.31. The van der Waals surface area contributed by atoms with Crippen molar-refractivity contribution in [1.29, 1.82) is 0 Å². The van der Waals surface area contributed by atoms with E-state index >= 15 is 0 Å². The molecule has 0 radical (unpaired) electrons. The first-order valence-electron chi connectivity index (χ1n) is 11.7. The number of nitrogens with zero attached hydrogens (tertiary/aromatic N) is 4. The highest BCUT2D eigenvalue weighted by atomic mass is 32.1. The van der Waals surface area contributed by atoms with Crippen LogP contribution in [0.1, 0.15) is 34.5 Å². The Hall–Kier alpha value is -3.77. The van der Waals surface area contributed by atoms with Crippen LogP contribution in [0.5, 0.6) is 0 Å². The van der Waals surface area contributed by atoms with Crippen molar-refractivity contribution in [1.82, 2.24) is 35.4 Å². The van der Waals surface area contributed by atoms with Crippen molar-refractivity contribution < 1.29 is 14.4 Å². The van der Waals surface area contributed by atoms with Crippen LogP contribution in [0.25, 0.3) is 23.0 Å². The maximum Gasteiger partial charge on any atom is 0.273 e. The summed E-state index contributed by atoms with van der Waals surface area (Å²) in [6, 6.07) is 4.17. The van der Waals surface area contributed by atoms with E-state index in [1.165, 1.54) is 11.3 Å². The highest BCUT2D eigenvalue weighted by Gasteiger charge is 2.24. The van der Waals surface area contributed by atoms with Crippen molar-refractivity contribution in [3.05, 3.63) is 39.8 Å². The number of thiophene rings is 1. The van der Waals surface area contributed by atoms with E-state index in [1.807, 2.05) is 31.6 Å². The van der Waals surface area contributed by atoms with Crippen molar-refractivity contribution >= 4 is 47.1 Å². The molecule has 0 saturated heterocycles. The van der Waals surface area contributed by atoms with Crippen molar-refractivity contribution in [2.24, 2.45) is 0 Å². The molecule has 1 aliphatic rings. The molecule has 3 amide bonds. The third kappa shape index (κ3) is 5.71. The number of likely N-dealkylation sites (N-methyl/N-ethyl adjacent to an activating group) is 1. The predicted octanol–water partition coefficient (Wildman–Crippen LogP) is 1.55. The molecule has 4 rings (SSSR count). The fraction of sp³-hybridized carbons (Fsp3) is 0.375. The number of hydrogen-bond donors (Lipinski definition) is 4. The zero-order valence-electron chi connectivity index (χ0n) is 20.5. The second kappa shape index (κ2) is 11.3. The second-order valence-electron chi connectivity index (χ2n) is 8.56. The van der Waals surface area contributed by atoms with Gasteiger partial charge >= 0.3 is 0 Å². The number of rotatable bonds is 12. The molecule has 0 aliphatic heterocycles. The van der Waals surface area contributed by atoms with Crippen molar-refractivity contribution in [3.8, 4) is 11.3 Å². The van der Waals surface area contributed by atoms with E-state index in [4.69, 9.17) is 4.98 Å². The molecule has 1 aliphatic carbocycles. The molecular formula is C24H30N8O3S. The molecule has 190 valence electrons. The van der Waals surface area contributed by atoms with Crippen LogP contribution in [0, 0.1) is 0 Å². The van der Waals surface area contributed by atoms with Crippen molar-refractivity contribution in [2.45, 2.75) is 25.3 Å². The number of nitrogens with one attached hydrogen (secondary N) is 4. The molecule has 1 fully saturated rings. The second-order valence-corrected chi connectivity index (χ2v) is 9.47. The summed E-state index contributed by atoms with van der Waals surface area (Å²) in [6.45, 7) is 1.52. The number of fused-ring (bicyclic) bond motifs is 1. The Balaban J connectivity index is 1.69. The summed E-state index contributed by atoms with van der Waals surface area (Å²) >= 11 is 1.39. The maximum atomic E-state index is 12.9. The summed E-state index contributed by atoms with van der Waals surface area (Å²) in [6.07, 6.45) is 6.60. The zero-order valence-corrected chi connectivity index (χ0v) is 21.3. The average Bonchev–Trinajstić information content (AvgIpc) is 3.38. The van der Waals surface area contributed by atoms with Gasteiger partial charge in [0, 0.05) is 49.3 Å². The molecule has 0 atom stereocenters. The molecule has 4 N–H and O–H groups in total. The van der Waals surface area contributed by atoms with Crippen LogP contribution < -0.4 is 21.3 Å². The van der Waals surface area contributed by atoms with Gasteiger partial charge in [0.1, 0.15) is 11.5 Å². The number of imide groups is 1. The predicted molar refractivity (Wildman–Crippen MR) is 140 cm³/mol. The van der Waals surface area contributed by atoms with E-state index in [1.54, 1.807) is 28.7 Å². The van der Waals surface area contributed by atoms with Gasteiger partial charge in [-0.2, -0.15) is 9.61 Å². The molecule has 1 saturated carbocycles. The molecule has 3 heterocycles. The highest BCUT2D eigenvalue weighted by molar-refractivity contribution is 7.12. The Morgan fingerprint density at radius 3 is 2.78 bits per heavy atom. The van der Waals surface area contributed by atoms with Gasteiger partial charge in [0.15, 0.2) is 5.65 Å². The van der Waals surface area contributed by atoms with Crippen LogP contribution in [0.2, 0.25) is 0 Å². The van der Waals surface area contributed by atoms with Crippen LogP contribution in [-0.2, 0) is 9.59 Å². The molecule has 3 aromatic heterocycles. The van der Waals surface area contributed by atoms with Crippen molar-refractivity contribution in [3.63, 3.8) is 0 Å². The quantitative estimate of drug-likeness (QED) is 0.164. The Bertz CT molecular complexity index is 1290. The number of hydrogen-bond acceptors (Lipinski definition) is 9. The maximum absolute atomic E-state index is 12.9.